The standard InChI is InChI=1S/C18H27ClFN3S/c1-22-13-4-5-14(22)12-23(9-6-13)8-3-2-7-21-17-11-16(20)18(24)10-15(17)19/h10-11,13-14,21,24H,2-9,12H2,1H3. The van der Waals surface area contributed by atoms with E-state index in [1.54, 1.807) is 6.07 Å². The maximum absolute atomic E-state index is 13.5. The number of nitrogens with one attached hydrogen (secondary N) is 1. The second-order valence-corrected chi connectivity index (χ2v) is 7.95. The molecule has 0 amide bonds. The minimum Gasteiger partial charge on any atom is -0.384 e. The Hall–Kier alpha value is -0.490. The predicted octanol–water partition coefficient (Wildman–Crippen LogP) is 4.13. The Morgan fingerprint density at radius 2 is 2.04 bits per heavy atom. The second-order valence-electron chi connectivity index (χ2n) is 7.06. The molecule has 6 heteroatoms. The third-order valence-corrected chi connectivity index (χ3v) is 6.14. The van der Waals surface area contributed by atoms with Crippen LogP contribution in [0.1, 0.15) is 32.1 Å². The van der Waals surface area contributed by atoms with Crippen molar-refractivity contribution in [1.82, 2.24) is 9.80 Å². The van der Waals surface area contributed by atoms with Gasteiger partial charge in [-0.3, -0.25) is 4.90 Å². The van der Waals surface area contributed by atoms with Crippen molar-refractivity contribution >= 4 is 29.9 Å². The number of likely N-dealkylation sites (tertiary alicyclic amines) is 1. The first-order valence-electron chi connectivity index (χ1n) is 8.91. The van der Waals surface area contributed by atoms with E-state index >= 15 is 0 Å². The molecule has 2 atom stereocenters. The summed E-state index contributed by atoms with van der Waals surface area (Å²) in [5.41, 5.74) is 0.653. The number of nitrogens with zero attached hydrogens (tertiary/aromatic N) is 2. The number of likely N-dealkylation sites (N-methyl/N-ethyl adjacent to an activating group) is 1. The maximum Gasteiger partial charge on any atom is 0.138 e. The highest BCUT2D eigenvalue weighted by atomic mass is 35.5. The SMILES string of the molecule is CN1C2CCC1CN(CCCCNc1cc(F)c(S)cc1Cl)CC2. The molecule has 3 nitrogen and oxygen atoms in total. The smallest absolute Gasteiger partial charge is 0.138 e. The van der Waals surface area contributed by atoms with Crippen LogP contribution in [-0.4, -0.2) is 55.1 Å². The van der Waals surface area contributed by atoms with E-state index in [1.807, 2.05) is 0 Å². The summed E-state index contributed by atoms with van der Waals surface area (Å²) in [6.07, 6.45) is 6.24. The van der Waals surface area contributed by atoms with Gasteiger partial charge in [-0.2, -0.15) is 0 Å². The number of anilines is 1. The van der Waals surface area contributed by atoms with Gasteiger partial charge in [-0.1, -0.05) is 11.6 Å². The third kappa shape index (κ3) is 4.37. The quantitative estimate of drug-likeness (QED) is 0.579. The van der Waals surface area contributed by atoms with Gasteiger partial charge in [-0.05, 0) is 64.4 Å². The van der Waals surface area contributed by atoms with E-state index < -0.39 is 0 Å². The Morgan fingerprint density at radius 3 is 2.88 bits per heavy atom. The molecule has 0 radical (unpaired) electrons. The molecular formula is C18H27ClFN3S. The number of thiol groups is 1. The number of rotatable bonds is 6. The minimum atomic E-state index is -0.339. The number of unbranched alkanes of at least 4 members (excludes halogenated alkanes) is 1. The molecule has 2 heterocycles. The topological polar surface area (TPSA) is 18.5 Å². The molecule has 0 aliphatic carbocycles. The fourth-order valence-electron chi connectivity index (χ4n) is 3.94. The van der Waals surface area contributed by atoms with Gasteiger partial charge in [0.1, 0.15) is 5.82 Å². The fourth-order valence-corrected chi connectivity index (χ4v) is 4.44. The normalized spacial score (nSPS) is 25.0. The summed E-state index contributed by atoms with van der Waals surface area (Å²) < 4.78 is 13.5. The first-order chi connectivity index (χ1) is 11.5. The van der Waals surface area contributed by atoms with E-state index in [0.717, 1.165) is 38.0 Å². The Balaban J connectivity index is 1.38. The van der Waals surface area contributed by atoms with E-state index in [1.165, 1.54) is 38.4 Å². The number of benzene rings is 1. The summed E-state index contributed by atoms with van der Waals surface area (Å²) in [6, 6.07) is 4.52. The summed E-state index contributed by atoms with van der Waals surface area (Å²) in [7, 11) is 2.29. The van der Waals surface area contributed by atoms with Gasteiger partial charge in [0.05, 0.1) is 10.7 Å². The molecule has 2 bridgehead atoms. The van der Waals surface area contributed by atoms with Gasteiger partial charge in [-0.25, -0.2) is 4.39 Å². The van der Waals surface area contributed by atoms with Gasteiger partial charge in [-0.15, -0.1) is 12.6 Å². The van der Waals surface area contributed by atoms with Crippen LogP contribution in [0, 0.1) is 5.82 Å². The van der Waals surface area contributed by atoms with Gasteiger partial charge in [0, 0.05) is 30.1 Å². The average molecular weight is 372 g/mol. The van der Waals surface area contributed by atoms with Crippen LogP contribution >= 0.6 is 24.2 Å². The van der Waals surface area contributed by atoms with E-state index in [2.05, 4.69) is 34.8 Å². The van der Waals surface area contributed by atoms with Crippen molar-refractivity contribution in [1.29, 1.82) is 0 Å². The highest BCUT2D eigenvalue weighted by molar-refractivity contribution is 7.80. The summed E-state index contributed by atoms with van der Waals surface area (Å²) in [5.74, 6) is -0.339. The van der Waals surface area contributed by atoms with Gasteiger partial charge >= 0.3 is 0 Å². The van der Waals surface area contributed by atoms with Crippen LogP contribution in [-0.2, 0) is 0 Å². The van der Waals surface area contributed by atoms with Crippen LogP contribution < -0.4 is 5.32 Å². The summed E-state index contributed by atoms with van der Waals surface area (Å²) in [5, 5.41) is 3.75. The predicted molar refractivity (Wildman–Crippen MR) is 102 cm³/mol. The lowest BCUT2D eigenvalue weighted by atomic mass is 10.1. The number of hydrogen-bond donors (Lipinski definition) is 2. The minimum absolute atomic E-state index is 0.283. The molecule has 0 saturated carbocycles. The zero-order valence-corrected chi connectivity index (χ0v) is 15.9. The molecule has 2 aliphatic rings. The van der Waals surface area contributed by atoms with Crippen LogP contribution in [0.25, 0.3) is 0 Å². The van der Waals surface area contributed by atoms with E-state index in [4.69, 9.17) is 11.6 Å². The summed E-state index contributed by atoms with van der Waals surface area (Å²) in [4.78, 5) is 5.48. The summed E-state index contributed by atoms with van der Waals surface area (Å²) >= 11 is 10.1. The van der Waals surface area contributed by atoms with Crippen molar-refractivity contribution in [3.63, 3.8) is 0 Å². The molecule has 1 aromatic rings. The van der Waals surface area contributed by atoms with Crippen molar-refractivity contribution in [2.45, 2.75) is 49.1 Å². The molecule has 24 heavy (non-hydrogen) atoms. The van der Waals surface area contributed by atoms with Crippen molar-refractivity contribution in [2.24, 2.45) is 0 Å². The third-order valence-electron chi connectivity index (χ3n) is 5.49. The van der Waals surface area contributed by atoms with Gasteiger partial charge < -0.3 is 10.2 Å². The second kappa shape index (κ2) is 8.26. The van der Waals surface area contributed by atoms with Crippen molar-refractivity contribution in [3.8, 4) is 0 Å². The van der Waals surface area contributed by atoms with Gasteiger partial charge in [0.25, 0.3) is 0 Å². The Morgan fingerprint density at radius 1 is 1.25 bits per heavy atom. The molecule has 1 aromatic carbocycles. The number of hydrogen-bond acceptors (Lipinski definition) is 4. The lowest BCUT2D eigenvalue weighted by Crippen LogP contribution is -2.37. The molecule has 0 aromatic heterocycles. The molecule has 2 saturated heterocycles. The maximum atomic E-state index is 13.5. The van der Waals surface area contributed by atoms with E-state index in [-0.39, 0.29) is 10.7 Å². The largest absolute Gasteiger partial charge is 0.384 e. The van der Waals surface area contributed by atoms with Gasteiger partial charge in [0.2, 0.25) is 0 Å². The highest BCUT2D eigenvalue weighted by Crippen LogP contribution is 2.29. The Bertz CT molecular complexity index is 571. The van der Waals surface area contributed by atoms with Crippen LogP contribution in [0.15, 0.2) is 17.0 Å². The molecule has 134 valence electrons. The number of fused-ring (bicyclic) bond motifs is 2. The molecule has 2 aliphatic heterocycles. The lowest BCUT2D eigenvalue weighted by Gasteiger charge is -2.25. The van der Waals surface area contributed by atoms with Crippen molar-refractivity contribution in [2.75, 3.05) is 38.5 Å². The Kier molecular flexibility index (Phi) is 6.30. The number of halogens is 2. The zero-order valence-electron chi connectivity index (χ0n) is 14.3. The molecule has 0 spiro atoms. The van der Waals surface area contributed by atoms with Crippen LogP contribution in [0.5, 0.6) is 0 Å². The molecular weight excluding hydrogens is 345 g/mol. The van der Waals surface area contributed by atoms with Crippen molar-refractivity contribution in [3.05, 3.63) is 23.0 Å². The first-order valence-corrected chi connectivity index (χ1v) is 9.73. The first kappa shape index (κ1) is 18.3. The Labute approximate surface area is 154 Å². The van der Waals surface area contributed by atoms with Crippen LogP contribution in [0.4, 0.5) is 10.1 Å². The highest BCUT2D eigenvalue weighted by Gasteiger charge is 2.34. The van der Waals surface area contributed by atoms with E-state index in [9.17, 15) is 4.39 Å². The molecule has 1 N–H and O–H groups in total. The molecule has 3 rings (SSSR count). The fraction of sp³-hybridized carbons (Fsp3) is 0.667. The average Bonchev–Trinajstić information content (AvgIpc) is 2.79. The monoisotopic (exact) mass is 371 g/mol. The van der Waals surface area contributed by atoms with Crippen molar-refractivity contribution < 1.29 is 4.39 Å². The van der Waals surface area contributed by atoms with Gasteiger partial charge in [0.15, 0.2) is 0 Å². The summed E-state index contributed by atoms with van der Waals surface area (Å²) in [6.45, 7) is 4.39. The van der Waals surface area contributed by atoms with E-state index in [0.29, 0.717) is 10.7 Å². The molecule has 2 fully saturated rings. The molecule has 2 unspecified atom stereocenters. The van der Waals surface area contributed by atoms with Crippen LogP contribution in [0.2, 0.25) is 5.02 Å². The van der Waals surface area contributed by atoms with Crippen LogP contribution in [0.3, 0.4) is 0 Å². The zero-order chi connectivity index (χ0) is 17.1. The lowest BCUT2D eigenvalue weighted by molar-refractivity contribution is 0.217.